The van der Waals surface area contributed by atoms with Gasteiger partial charge in [-0.3, -0.25) is 25.2 Å². The number of carbonyl (C=O) groups is 3. The third kappa shape index (κ3) is 4.22. The van der Waals surface area contributed by atoms with Crippen molar-refractivity contribution in [1.82, 2.24) is 10.9 Å². The van der Waals surface area contributed by atoms with Crippen LogP contribution in [0.4, 0.5) is 5.69 Å². The minimum Gasteiger partial charge on any atom is -0.482 e. The third-order valence-electron chi connectivity index (χ3n) is 4.40. The van der Waals surface area contributed by atoms with Crippen molar-refractivity contribution in [3.8, 4) is 11.5 Å². The number of hydrazine groups is 1. The van der Waals surface area contributed by atoms with E-state index >= 15 is 0 Å². The summed E-state index contributed by atoms with van der Waals surface area (Å²) in [5.74, 6) is -0.255. The normalized spacial score (nSPS) is 13.5. The van der Waals surface area contributed by atoms with Gasteiger partial charge >= 0.3 is 0 Å². The molecule has 0 saturated carbocycles. The van der Waals surface area contributed by atoms with Crippen LogP contribution < -0.4 is 25.6 Å². The molecular formula is C20H21N3O5. The summed E-state index contributed by atoms with van der Waals surface area (Å²) < 4.78 is 11.0. The van der Waals surface area contributed by atoms with Gasteiger partial charge in [-0.1, -0.05) is 12.1 Å². The molecule has 3 amide bonds. The molecule has 0 radical (unpaired) electrons. The first-order valence-corrected chi connectivity index (χ1v) is 8.75. The summed E-state index contributed by atoms with van der Waals surface area (Å²) in [7, 11) is 0. The maximum absolute atomic E-state index is 12.3. The van der Waals surface area contributed by atoms with Crippen LogP contribution in [0.2, 0.25) is 0 Å². The Hall–Kier alpha value is -3.55. The molecule has 0 saturated heterocycles. The fraction of sp³-hybridized carbons (Fsp3) is 0.250. The second kappa shape index (κ2) is 7.99. The monoisotopic (exact) mass is 383 g/mol. The number of amides is 3. The lowest BCUT2D eigenvalue weighted by Crippen LogP contribution is -2.47. The van der Waals surface area contributed by atoms with Gasteiger partial charge in [0.25, 0.3) is 17.7 Å². The maximum atomic E-state index is 12.3. The van der Waals surface area contributed by atoms with Crippen LogP contribution in [0.25, 0.3) is 0 Å². The number of hydrogen-bond acceptors (Lipinski definition) is 5. The average molecular weight is 383 g/mol. The van der Waals surface area contributed by atoms with Gasteiger partial charge in [-0.2, -0.15) is 0 Å². The molecule has 8 nitrogen and oxygen atoms in total. The molecule has 1 unspecified atom stereocenters. The van der Waals surface area contributed by atoms with E-state index in [4.69, 9.17) is 9.47 Å². The van der Waals surface area contributed by atoms with Crippen molar-refractivity contribution < 1.29 is 23.9 Å². The molecule has 28 heavy (non-hydrogen) atoms. The molecule has 1 atom stereocenters. The fourth-order valence-electron chi connectivity index (χ4n) is 2.60. The largest absolute Gasteiger partial charge is 0.482 e. The molecule has 1 aliphatic heterocycles. The number of nitrogens with one attached hydrogen (secondary N) is 3. The quantitative estimate of drug-likeness (QED) is 0.699. The second-order valence-corrected chi connectivity index (χ2v) is 6.45. The number of rotatable bonds is 4. The first kappa shape index (κ1) is 19.2. The minimum atomic E-state index is -0.803. The lowest BCUT2D eigenvalue weighted by Gasteiger charge is -2.19. The predicted molar refractivity (Wildman–Crippen MR) is 102 cm³/mol. The van der Waals surface area contributed by atoms with Crippen molar-refractivity contribution in [1.29, 1.82) is 0 Å². The molecule has 3 N–H and O–H groups in total. The minimum absolute atomic E-state index is 0.109. The Labute approximate surface area is 162 Å². The van der Waals surface area contributed by atoms with E-state index < -0.39 is 17.9 Å². The molecule has 3 rings (SSSR count). The van der Waals surface area contributed by atoms with E-state index in [0.29, 0.717) is 17.2 Å². The van der Waals surface area contributed by atoms with Gasteiger partial charge in [0.15, 0.2) is 12.7 Å². The molecule has 1 aliphatic rings. The van der Waals surface area contributed by atoms with E-state index in [1.165, 1.54) is 12.1 Å². The SMILES string of the molecule is Cc1cccc(OC(C)C(=O)NNC(=O)c2ccc3c(c2)OCC(=O)N3)c1C. The highest BCUT2D eigenvalue weighted by Gasteiger charge is 2.20. The first-order chi connectivity index (χ1) is 13.3. The summed E-state index contributed by atoms with van der Waals surface area (Å²) in [5, 5.41) is 2.64. The summed E-state index contributed by atoms with van der Waals surface area (Å²) in [6, 6.07) is 10.2. The number of aryl methyl sites for hydroxylation is 1. The van der Waals surface area contributed by atoms with Gasteiger partial charge < -0.3 is 14.8 Å². The standard InChI is InChI=1S/C20H21N3O5/c1-11-5-4-6-16(12(11)2)28-13(3)19(25)22-23-20(26)14-7-8-15-17(9-14)27-10-18(24)21-15/h4-9,13H,10H2,1-3H3,(H,21,24)(H,22,25)(H,23,26). The van der Waals surface area contributed by atoms with E-state index in [1.54, 1.807) is 19.1 Å². The second-order valence-electron chi connectivity index (χ2n) is 6.45. The summed E-state index contributed by atoms with van der Waals surface area (Å²) in [6.45, 7) is 5.36. The van der Waals surface area contributed by atoms with Gasteiger partial charge in [0.2, 0.25) is 0 Å². The van der Waals surface area contributed by atoms with E-state index in [2.05, 4.69) is 16.2 Å². The lowest BCUT2D eigenvalue weighted by molar-refractivity contribution is -0.128. The molecule has 2 aromatic carbocycles. The predicted octanol–water partition coefficient (Wildman–Crippen LogP) is 1.86. The van der Waals surface area contributed by atoms with Crippen LogP contribution in [0.1, 0.15) is 28.4 Å². The van der Waals surface area contributed by atoms with Crippen molar-refractivity contribution in [2.24, 2.45) is 0 Å². The van der Waals surface area contributed by atoms with Gasteiger partial charge in [0, 0.05) is 5.56 Å². The molecular weight excluding hydrogens is 362 g/mol. The zero-order chi connectivity index (χ0) is 20.3. The van der Waals surface area contributed by atoms with E-state index in [1.807, 2.05) is 26.0 Å². The Morgan fingerprint density at radius 3 is 2.75 bits per heavy atom. The van der Waals surface area contributed by atoms with E-state index in [9.17, 15) is 14.4 Å². The van der Waals surface area contributed by atoms with E-state index in [-0.39, 0.29) is 18.1 Å². The Kier molecular flexibility index (Phi) is 5.49. The first-order valence-electron chi connectivity index (χ1n) is 8.75. The Bertz CT molecular complexity index is 941. The molecule has 2 aromatic rings. The summed E-state index contributed by atoms with van der Waals surface area (Å²) in [6.07, 6.45) is -0.803. The number of fused-ring (bicyclic) bond motifs is 1. The molecule has 0 spiro atoms. The fourth-order valence-corrected chi connectivity index (χ4v) is 2.60. The van der Waals surface area contributed by atoms with Crippen LogP contribution in [0.15, 0.2) is 36.4 Å². The average Bonchev–Trinajstić information content (AvgIpc) is 2.68. The van der Waals surface area contributed by atoms with Crippen molar-refractivity contribution >= 4 is 23.4 Å². The highest BCUT2D eigenvalue weighted by molar-refractivity contribution is 5.99. The summed E-state index contributed by atoms with van der Waals surface area (Å²) in [5.41, 5.74) is 7.47. The molecule has 0 bridgehead atoms. The van der Waals surface area contributed by atoms with Crippen molar-refractivity contribution in [3.05, 3.63) is 53.1 Å². The van der Waals surface area contributed by atoms with Gasteiger partial charge in [-0.25, -0.2) is 0 Å². The van der Waals surface area contributed by atoms with Gasteiger partial charge in [-0.05, 0) is 56.2 Å². The molecule has 146 valence electrons. The third-order valence-corrected chi connectivity index (χ3v) is 4.40. The number of anilines is 1. The number of ether oxygens (including phenoxy) is 2. The van der Waals surface area contributed by atoms with Crippen LogP contribution in [0, 0.1) is 13.8 Å². The van der Waals surface area contributed by atoms with Crippen molar-refractivity contribution in [3.63, 3.8) is 0 Å². The number of hydrogen-bond donors (Lipinski definition) is 3. The number of benzene rings is 2. The molecule has 0 aromatic heterocycles. The highest BCUT2D eigenvalue weighted by Crippen LogP contribution is 2.28. The smallest absolute Gasteiger partial charge is 0.279 e. The molecule has 8 heteroatoms. The topological polar surface area (TPSA) is 106 Å². The van der Waals surface area contributed by atoms with Gasteiger partial charge in [0.05, 0.1) is 5.69 Å². The van der Waals surface area contributed by atoms with Crippen LogP contribution in [-0.2, 0) is 9.59 Å². The lowest BCUT2D eigenvalue weighted by atomic mass is 10.1. The molecule has 1 heterocycles. The zero-order valence-corrected chi connectivity index (χ0v) is 15.8. The number of carbonyl (C=O) groups excluding carboxylic acids is 3. The Morgan fingerprint density at radius 1 is 1.18 bits per heavy atom. The van der Waals surface area contributed by atoms with Crippen molar-refractivity contribution in [2.45, 2.75) is 26.9 Å². The van der Waals surface area contributed by atoms with Crippen LogP contribution in [0.5, 0.6) is 11.5 Å². The highest BCUT2D eigenvalue weighted by atomic mass is 16.5. The van der Waals surface area contributed by atoms with Crippen LogP contribution in [0.3, 0.4) is 0 Å². The van der Waals surface area contributed by atoms with Gasteiger partial charge in [0.1, 0.15) is 11.5 Å². The molecule has 0 aliphatic carbocycles. The maximum Gasteiger partial charge on any atom is 0.279 e. The molecule has 0 fully saturated rings. The van der Waals surface area contributed by atoms with Crippen molar-refractivity contribution in [2.75, 3.05) is 11.9 Å². The van der Waals surface area contributed by atoms with Gasteiger partial charge in [-0.15, -0.1) is 0 Å². The van der Waals surface area contributed by atoms with Crippen LogP contribution >= 0.6 is 0 Å². The van der Waals surface area contributed by atoms with E-state index in [0.717, 1.165) is 11.1 Å². The Morgan fingerprint density at radius 2 is 1.96 bits per heavy atom. The summed E-state index contributed by atoms with van der Waals surface area (Å²) >= 11 is 0. The zero-order valence-electron chi connectivity index (χ0n) is 15.8. The Balaban J connectivity index is 1.57. The summed E-state index contributed by atoms with van der Waals surface area (Å²) in [4.78, 5) is 35.8. The van der Waals surface area contributed by atoms with Crippen LogP contribution in [-0.4, -0.2) is 30.4 Å².